The molecular weight excluding hydrogens is 241 g/mol. The quantitative estimate of drug-likeness (QED) is 0.845. The van der Waals surface area contributed by atoms with Crippen molar-refractivity contribution >= 4 is 5.97 Å². The van der Waals surface area contributed by atoms with E-state index in [0.717, 1.165) is 12.3 Å². The molecule has 0 amide bonds. The first-order valence-corrected chi connectivity index (χ1v) is 5.42. The van der Waals surface area contributed by atoms with Gasteiger partial charge in [0.1, 0.15) is 11.4 Å². The van der Waals surface area contributed by atoms with Crippen LogP contribution < -0.4 is 4.74 Å². The van der Waals surface area contributed by atoms with E-state index in [9.17, 15) is 9.18 Å². The molecule has 1 N–H and O–H groups in total. The Balaban J connectivity index is 2.70. The van der Waals surface area contributed by atoms with E-state index in [0.29, 0.717) is 6.42 Å². The molecule has 1 heterocycles. The highest BCUT2D eigenvalue weighted by atomic mass is 19.1. The Labute approximate surface area is 105 Å². The fourth-order valence-electron chi connectivity index (χ4n) is 1.19. The summed E-state index contributed by atoms with van der Waals surface area (Å²) in [4.78, 5) is 14.5. The molecule has 1 aromatic heterocycles. The van der Waals surface area contributed by atoms with Crippen LogP contribution in [0.25, 0.3) is 0 Å². The van der Waals surface area contributed by atoms with Gasteiger partial charge < -0.3 is 14.6 Å². The Morgan fingerprint density at radius 1 is 1.56 bits per heavy atom. The molecule has 0 aliphatic heterocycles. The summed E-state index contributed by atoms with van der Waals surface area (Å²) in [6.07, 6.45) is 1.48. The van der Waals surface area contributed by atoms with Crippen molar-refractivity contribution in [2.45, 2.75) is 25.9 Å². The van der Waals surface area contributed by atoms with Crippen LogP contribution >= 0.6 is 0 Å². The predicted molar refractivity (Wildman–Crippen MR) is 62.4 cm³/mol. The van der Waals surface area contributed by atoms with Gasteiger partial charge in [0.2, 0.25) is 5.88 Å². The number of rotatable bonds is 6. The molecule has 18 heavy (non-hydrogen) atoms. The van der Waals surface area contributed by atoms with E-state index in [1.165, 1.54) is 0 Å². The second-order valence-electron chi connectivity index (χ2n) is 4.37. The molecule has 0 aromatic carbocycles. The summed E-state index contributed by atoms with van der Waals surface area (Å²) in [5, 5.41) is 8.88. The molecule has 0 unspecified atom stereocenters. The van der Waals surface area contributed by atoms with E-state index in [-0.39, 0.29) is 23.7 Å². The first-order valence-electron chi connectivity index (χ1n) is 5.42. The van der Waals surface area contributed by atoms with Gasteiger partial charge in [0.15, 0.2) is 0 Å². The Morgan fingerprint density at radius 2 is 2.22 bits per heavy atom. The lowest BCUT2D eigenvalue weighted by Gasteiger charge is -2.22. The Hall–Kier alpha value is -1.69. The summed E-state index contributed by atoms with van der Waals surface area (Å²) in [5.74, 6) is -2.07. The average molecular weight is 257 g/mol. The van der Waals surface area contributed by atoms with Crippen LogP contribution in [0.3, 0.4) is 0 Å². The molecule has 1 aromatic rings. The molecule has 1 rings (SSSR count). The van der Waals surface area contributed by atoms with Crippen molar-refractivity contribution in [1.82, 2.24) is 4.98 Å². The summed E-state index contributed by atoms with van der Waals surface area (Å²) in [7, 11) is 1.58. The number of aromatic carboxylic acids is 1. The van der Waals surface area contributed by atoms with Crippen molar-refractivity contribution < 1.29 is 23.8 Å². The fraction of sp³-hybridized carbons (Fsp3) is 0.500. The van der Waals surface area contributed by atoms with Gasteiger partial charge in [0, 0.05) is 13.5 Å². The van der Waals surface area contributed by atoms with Crippen LogP contribution in [0.5, 0.6) is 5.88 Å². The number of ether oxygens (including phenoxy) is 2. The van der Waals surface area contributed by atoms with Gasteiger partial charge in [-0.3, -0.25) is 0 Å². The maximum Gasteiger partial charge on any atom is 0.341 e. The highest BCUT2D eigenvalue weighted by molar-refractivity contribution is 5.90. The first kappa shape index (κ1) is 14.4. The average Bonchev–Trinajstić information content (AvgIpc) is 2.30. The largest absolute Gasteiger partial charge is 0.477 e. The van der Waals surface area contributed by atoms with Gasteiger partial charge in [0.05, 0.1) is 18.4 Å². The maximum atomic E-state index is 12.9. The molecule has 100 valence electrons. The van der Waals surface area contributed by atoms with Crippen molar-refractivity contribution in [3.05, 3.63) is 23.6 Å². The zero-order chi connectivity index (χ0) is 13.8. The number of nitrogens with zero attached hydrogens (tertiary/aromatic N) is 1. The minimum absolute atomic E-state index is 0.0872. The molecule has 0 radical (unpaired) electrons. The van der Waals surface area contributed by atoms with Gasteiger partial charge in [-0.15, -0.1) is 0 Å². The Bertz CT molecular complexity index is 434. The molecule has 0 aliphatic carbocycles. The molecular formula is C12H16FNO4. The summed E-state index contributed by atoms with van der Waals surface area (Å²) < 4.78 is 23.3. The molecule has 0 saturated carbocycles. The molecule has 0 atom stereocenters. The van der Waals surface area contributed by atoms with Crippen LogP contribution in [0.4, 0.5) is 4.39 Å². The Kier molecular flexibility index (Phi) is 4.61. The van der Waals surface area contributed by atoms with Gasteiger partial charge in [-0.05, 0) is 19.9 Å². The number of carboxylic acid groups (broad SMARTS) is 1. The highest BCUT2D eigenvalue weighted by Crippen LogP contribution is 2.18. The van der Waals surface area contributed by atoms with Crippen molar-refractivity contribution in [3.8, 4) is 5.88 Å². The van der Waals surface area contributed by atoms with Crippen molar-refractivity contribution in [1.29, 1.82) is 0 Å². The highest BCUT2D eigenvalue weighted by Gasteiger charge is 2.18. The van der Waals surface area contributed by atoms with Gasteiger partial charge in [-0.1, -0.05) is 0 Å². The predicted octanol–water partition coefficient (Wildman–Crippen LogP) is 2.11. The molecule has 0 aliphatic rings. The number of halogens is 1. The number of carbonyl (C=O) groups is 1. The van der Waals surface area contributed by atoms with Crippen LogP contribution in [-0.2, 0) is 4.74 Å². The fourth-order valence-corrected chi connectivity index (χ4v) is 1.19. The number of methoxy groups -OCH3 is 1. The van der Waals surface area contributed by atoms with Crippen molar-refractivity contribution in [2.75, 3.05) is 13.7 Å². The summed E-state index contributed by atoms with van der Waals surface area (Å²) in [5.41, 5.74) is -0.658. The minimum Gasteiger partial charge on any atom is -0.477 e. The van der Waals surface area contributed by atoms with Crippen LogP contribution in [0.1, 0.15) is 30.6 Å². The van der Waals surface area contributed by atoms with Crippen molar-refractivity contribution in [3.63, 3.8) is 0 Å². The van der Waals surface area contributed by atoms with E-state index in [4.69, 9.17) is 14.6 Å². The SMILES string of the molecule is COC(C)(C)CCOc1ncc(F)cc1C(=O)O. The third-order valence-corrected chi connectivity index (χ3v) is 2.54. The second-order valence-corrected chi connectivity index (χ2v) is 4.37. The zero-order valence-electron chi connectivity index (χ0n) is 10.6. The van der Waals surface area contributed by atoms with E-state index in [1.54, 1.807) is 7.11 Å². The Morgan fingerprint density at radius 3 is 2.78 bits per heavy atom. The second kappa shape index (κ2) is 5.77. The van der Waals surface area contributed by atoms with Gasteiger partial charge in [0.25, 0.3) is 0 Å². The molecule has 0 bridgehead atoms. The zero-order valence-corrected chi connectivity index (χ0v) is 10.6. The van der Waals surface area contributed by atoms with Crippen LogP contribution in [0.2, 0.25) is 0 Å². The number of pyridine rings is 1. The standard InChI is InChI=1S/C12H16FNO4/c1-12(2,17-3)4-5-18-10-9(11(15)16)6-8(13)7-14-10/h6-7H,4-5H2,1-3H3,(H,15,16). The number of hydrogen-bond donors (Lipinski definition) is 1. The number of carboxylic acids is 1. The summed E-state index contributed by atoms with van der Waals surface area (Å²) >= 11 is 0. The summed E-state index contributed by atoms with van der Waals surface area (Å²) in [6, 6.07) is 0.881. The van der Waals surface area contributed by atoms with Gasteiger partial charge >= 0.3 is 5.97 Å². The minimum atomic E-state index is -1.27. The molecule has 0 saturated heterocycles. The molecule has 6 heteroatoms. The van der Waals surface area contributed by atoms with Crippen LogP contribution in [0, 0.1) is 5.82 Å². The topological polar surface area (TPSA) is 68.7 Å². The van der Waals surface area contributed by atoms with Crippen molar-refractivity contribution in [2.24, 2.45) is 0 Å². The number of aromatic nitrogens is 1. The number of hydrogen-bond acceptors (Lipinski definition) is 4. The maximum absolute atomic E-state index is 12.9. The van der Waals surface area contributed by atoms with Gasteiger partial charge in [-0.25, -0.2) is 14.2 Å². The molecule has 0 fully saturated rings. The van der Waals surface area contributed by atoms with Crippen LogP contribution in [-0.4, -0.2) is 35.4 Å². The van der Waals surface area contributed by atoms with E-state index in [1.807, 2.05) is 13.8 Å². The molecule has 5 nitrogen and oxygen atoms in total. The first-order chi connectivity index (χ1) is 8.35. The molecule has 0 spiro atoms. The lowest BCUT2D eigenvalue weighted by atomic mass is 10.1. The van der Waals surface area contributed by atoms with E-state index >= 15 is 0 Å². The monoisotopic (exact) mass is 257 g/mol. The van der Waals surface area contributed by atoms with Crippen LogP contribution in [0.15, 0.2) is 12.3 Å². The lowest BCUT2D eigenvalue weighted by molar-refractivity contribution is 0.00498. The third kappa shape index (κ3) is 3.96. The third-order valence-electron chi connectivity index (χ3n) is 2.54. The normalized spacial score (nSPS) is 11.3. The van der Waals surface area contributed by atoms with E-state index < -0.39 is 11.8 Å². The smallest absolute Gasteiger partial charge is 0.341 e. The van der Waals surface area contributed by atoms with E-state index in [2.05, 4.69) is 4.98 Å². The summed E-state index contributed by atoms with van der Waals surface area (Å²) in [6.45, 7) is 4.00. The lowest BCUT2D eigenvalue weighted by Crippen LogP contribution is -2.25. The van der Waals surface area contributed by atoms with Gasteiger partial charge in [-0.2, -0.15) is 0 Å².